The maximum Gasteiger partial charge on any atom is 0.168 e. The van der Waals surface area contributed by atoms with E-state index in [1.54, 1.807) is 0 Å². The Bertz CT molecular complexity index is 815. The second-order valence-electron chi connectivity index (χ2n) is 5.22. The highest BCUT2D eigenvalue weighted by atomic mass is 79.9. The molecule has 0 atom stereocenters. The van der Waals surface area contributed by atoms with Crippen LogP contribution in [0.15, 0.2) is 65.1 Å². The molecule has 0 radical (unpaired) electrons. The van der Waals surface area contributed by atoms with Crippen molar-refractivity contribution in [3.8, 4) is 0 Å². The molecule has 3 aromatic carbocycles. The van der Waals surface area contributed by atoms with Gasteiger partial charge in [0.15, 0.2) is 5.78 Å². The second-order valence-corrected chi connectivity index (χ2v) is 6.08. The van der Waals surface area contributed by atoms with Gasteiger partial charge in [-0.1, -0.05) is 70.0 Å². The Morgan fingerprint density at radius 1 is 1.00 bits per heavy atom. The van der Waals surface area contributed by atoms with Gasteiger partial charge in [0, 0.05) is 16.5 Å². The number of carbonyl (C=O) groups is 1. The van der Waals surface area contributed by atoms with Crippen molar-refractivity contribution in [2.24, 2.45) is 0 Å². The van der Waals surface area contributed by atoms with Gasteiger partial charge in [0.25, 0.3) is 0 Å². The number of halogens is 1. The number of hydrogen-bond acceptors (Lipinski definition) is 1. The first-order valence-corrected chi connectivity index (χ1v) is 7.70. The molecule has 21 heavy (non-hydrogen) atoms. The molecule has 0 amide bonds. The van der Waals surface area contributed by atoms with E-state index < -0.39 is 0 Å². The third-order valence-electron chi connectivity index (χ3n) is 3.65. The number of aryl methyl sites for hydroxylation is 1. The number of rotatable bonds is 3. The first kappa shape index (κ1) is 14.0. The van der Waals surface area contributed by atoms with E-state index in [0.29, 0.717) is 6.42 Å². The average molecular weight is 339 g/mol. The van der Waals surface area contributed by atoms with Crippen LogP contribution in [0.1, 0.15) is 21.5 Å². The van der Waals surface area contributed by atoms with Crippen molar-refractivity contribution < 1.29 is 4.79 Å². The molecule has 0 bridgehead atoms. The normalized spacial score (nSPS) is 10.8. The van der Waals surface area contributed by atoms with E-state index in [9.17, 15) is 4.79 Å². The number of carbonyl (C=O) groups excluding carboxylic acids is 1. The third-order valence-corrected chi connectivity index (χ3v) is 4.34. The molecule has 0 aliphatic heterocycles. The van der Waals surface area contributed by atoms with Gasteiger partial charge in [0.2, 0.25) is 0 Å². The van der Waals surface area contributed by atoms with Gasteiger partial charge in [0.05, 0.1) is 0 Å². The Morgan fingerprint density at radius 3 is 2.62 bits per heavy atom. The van der Waals surface area contributed by atoms with Crippen molar-refractivity contribution in [1.29, 1.82) is 0 Å². The Balaban J connectivity index is 1.99. The fourth-order valence-corrected chi connectivity index (χ4v) is 3.04. The molecule has 0 fully saturated rings. The van der Waals surface area contributed by atoms with Gasteiger partial charge < -0.3 is 0 Å². The Labute approximate surface area is 132 Å². The van der Waals surface area contributed by atoms with Crippen molar-refractivity contribution in [1.82, 2.24) is 0 Å². The van der Waals surface area contributed by atoms with Crippen LogP contribution >= 0.6 is 15.9 Å². The summed E-state index contributed by atoms with van der Waals surface area (Å²) < 4.78 is 0.860. The maximum absolute atomic E-state index is 12.6. The van der Waals surface area contributed by atoms with Gasteiger partial charge in [-0.2, -0.15) is 0 Å². The fraction of sp³-hybridized carbons (Fsp3) is 0.105. The summed E-state index contributed by atoms with van der Waals surface area (Å²) in [6.45, 7) is 2.00. The predicted octanol–water partition coefficient (Wildman–Crippen LogP) is 5.34. The predicted molar refractivity (Wildman–Crippen MR) is 90.9 cm³/mol. The largest absolute Gasteiger partial charge is 0.294 e. The van der Waals surface area contributed by atoms with Crippen LogP contribution in [0.4, 0.5) is 0 Å². The minimum absolute atomic E-state index is 0.141. The van der Waals surface area contributed by atoms with Crippen LogP contribution in [0.2, 0.25) is 0 Å². The Hall–Kier alpha value is -1.93. The molecule has 0 spiro atoms. The standard InChI is InChI=1S/C19H15BrO/c1-13-9-10-18(20)17(11-13)19(21)12-15-7-4-6-14-5-2-3-8-16(14)15/h2-11H,12H2,1H3. The highest BCUT2D eigenvalue weighted by Crippen LogP contribution is 2.23. The number of Topliss-reactive ketones (excluding diaryl/α,β-unsaturated/α-hetero) is 1. The number of ketones is 1. The van der Waals surface area contributed by atoms with Crippen molar-refractivity contribution >= 4 is 32.5 Å². The molecule has 2 heteroatoms. The molecule has 0 aromatic heterocycles. The van der Waals surface area contributed by atoms with Crippen LogP contribution in [0, 0.1) is 6.92 Å². The minimum atomic E-state index is 0.141. The molecule has 3 rings (SSSR count). The average Bonchev–Trinajstić information content (AvgIpc) is 2.50. The maximum atomic E-state index is 12.6. The lowest BCUT2D eigenvalue weighted by atomic mass is 9.97. The van der Waals surface area contributed by atoms with Crippen molar-refractivity contribution in [3.05, 3.63) is 81.8 Å². The molecule has 0 saturated heterocycles. The van der Waals surface area contributed by atoms with E-state index >= 15 is 0 Å². The van der Waals surface area contributed by atoms with E-state index in [-0.39, 0.29) is 5.78 Å². The van der Waals surface area contributed by atoms with Crippen LogP contribution in [-0.4, -0.2) is 5.78 Å². The molecular weight excluding hydrogens is 324 g/mol. The van der Waals surface area contributed by atoms with Gasteiger partial charge >= 0.3 is 0 Å². The summed E-state index contributed by atoms with van der Waals surface area (Å²) in [6.07, 6.45) is 0.420. The quantitative estimate of drug-likeness (QED) is 0.589. The van der Waals surface area contributed by atoms with Crippen LogP contribution in [0.25, 0.3) is 10.8 Å². The first-order chi connectivity index (χ1) is 10.1. The summed E-state index contributed by atoms with van der Waals surface area (Å²) in [5.41, 5.74) is 2.92. The Morgan fingerprint density at radius 2 is 1.76 bits per heavy atom. The van der Waals surface area contributed by atoms with Crippen LogP contribution in [0.5, 0.6) is 0 Å². The van der Waals surface area contributed by atoms with E-state index in [0.717, 1.165) is 26.5 Å². The minimum Gasteiger partial charge on any atom is -0.294 e. The van der Waals surface area contributed by atoms with E-state index in [2.05, 4.69) is 34.1 Å². The number of hydrogen-bond donors (Lipinski definition) is 0. The molecule has 3 aromatic rings. The molecule has 0 aliphatic carbocycles. The highest BCUT2D eigenvalue weighted by Gasteiger charge is 2.12. The van der Waals surface area contributed by atoms with E-state index in [1.807, 2.05) is 49.4 Å². The lowest BCUT2D eigenvalue weighted by molar-refractivity contribution is 0.0992. The van der Waals surface area contributed by atoms with Crippen LogP contribution in [0.3, 0.4) is 0 Å². The highest BCUT2D eigenvalue weighted by molar-refractivity contribution is 9.10. The fourth-order valence-electron chi connectivity index (χ4n) is 2.57. The van der Waals surface area contributed by atoms with Crippen molar-refractivity contribution in [2.45, 2.75) is 13.3 Å². The zero-order chi connectivity index (χ0) is 14.8. The summed E-state index contributed by atoms with van der Waals surface area (Å²) >= 11 is 3.47. The van der Waals surface area contributed by atoms with Gasteiger partial charge in [-0.3, -0.25) is 4.79 Å². The topological polar surface area (TPSA) is 17.1 Å². The number of fused-ring (bicyclic) bond motifs is 1. The van der Waals surface area contributed by atoms with Crippen molar-refractivity contribution in [3.63, 3.8) is 0 Å². The third kappa shape index (κ3) is 2.91. The SMILES string of the molecule is Cc1ccc(Br)c(C(=O)Cc2cccc3ccccc23)c1. The lowest BCUT2D eigenvalue weighted by Crippen LogP contribution is -2.05. The van der Waals surface area contributed by atoms with Crippen molar-refractivity contribution in [2.75, 3.05) is 0 Å². The zero-order valence-corrected chi connectivity index (χ0v) is 13.4. The molecule has 0 aliphatic rings. The molecule has 0 N–H and O–H groups in total. The number of benzene rings is 3. The van der Waals surface area contributed by atoms with Gasteiger partial charge in [0.1, 0.15) is 0 Å². The van der Waals surface area contributed by atoms with Crippen LogP contribution in [-0.2, 0) is 6.42 Å². The Kier molecular flexibility index (Phi) is 3.89. The zero-order valence-electron chi connectivity index (χ0n) is 11.8. The first-order valence-electron chi connectivity index (χ1n) is 6.91. The molecule has 0 heterocycles. The molecular formula is C19H15BrO. The van der Waals surface area contributed by atoms with Crippen LogP contribution < -0.4 is 0 Å². The molecule has 1 nitrogen and oxygen atoms in total. The lowest BCUT2D eigenvalue weighted by Gasteiger charge is -2.08. The molecule has 104 valence electrons. The van der Waals surface area contributed by atoms with E-state index in [1.165, 1.54) is 5.39 Å². The molecule has 0 saturated carbocycles. The van der Waals surface area contributed by atoms with E-state index in [4.69, 9.17) is 0 Å². The van der Waals surface area contributed by atoms with Gasteiger partial charge in [-0.25, -0.2) is 0 Å². The second kappa shape index (κ2) is 5.82. The van der Waals surface area contributed by atoms with Gasteiger partial charge in [-0.15, -0.1) is 0 Å². The monoisotopic (exact) mass is 338 g/mol. The smallest absolute Gasteiger partial charge is 0.168 e. The summed E-state index contributed by atoms with van der Waals surface area (Å²) in [5, 5.41) is 2.32. The summed E-state index contributed by atoms with van der Waals surface area (Å²) in [4.78, 5) is 12.6. The summed E-state index contributed by atoms with van der Waals surface area (Å²) in [7, 11) is 0. The molecule has 0 unspecified atom stereocenters. The summed E-state index contributed by atoms with van der Waals surface area (Å²) in [6, 6.07) is 20.2. The van der Waals surface area contributed by atoms with Gasteiger partial charge in [-0.05, 0) is 35.4 Å². The summed E-state index contributed by atoms with van der Waals surface area (Å²) in [5.74, 6) is 0.141.